The lowest BCUT2D eigenvalue weighted by molar-refractivity contribution is -0.117. The van der Waals surface area contributed by atoms with E-state index < -0.39 is 59.3 Å². The minimum atomic E-state index is -1.11. The predicted molar refractivity (Wildman–Crippen MR) is 361 cm³/mol. The summed E-state index contributed by atoms with van der Waals surface area (Å²) < 4.78 is 12.1. The van der Waals surface area contributed by atoms with Crippen LogP contribution in [-0.4, -0.2) is 142 Å². The monoisotopic (exact) mass is 1340 g/mol. The number of aromatic carboxylic acids is 1. The summed E-state index contributed by atoms with van der Waals surface area (Å²) in [6, 6.07) is 13.7. The van der Waals surface area contributed by atoms with Gasteiger partial charge in [-0.2, -0.15) is 0 Å². The number of carbonyl (C=O) groups excluding carboxylic acids is 10. The van der Waals surface area contributed by atoms with E-state index >= 15 is 0 Å². The fourth-order valence-electron chi connectivity index (χ4n) is 10.6. The van der Waals surface area contributed by atoms with Crippen molar-refractivity contribution in [3.8, 4) is 0 Å². The van der Waals surface area contributed by atoms with E-state index in [0.717, 1.165) is 32.1 Å². The van der Waals surface area contributed by atoms with Gasteiger partial charge >= 0.3 is 5.97 Å². The summed E-state index contributed by atoms with van der Waals surface area (Å²) in [5.74, 6) is -6.00. The number of carboxylic acids is 1. The third kappa shape index (κ3) is 17.2. The number of nitrogens with two attached hydrogens (primary N) is 1. The molecule has 0 aliphatic rings. The minimum Gasteiger partial charge on any atom is -0.478 e. The summed E-state index contributed by atoms with van der Waals surface area (Å²) in [6.07, 6.45) is 18.0. The molecule has 0 aliphatic carbocycles. The molecule has 13 N–H and O–H groups in total. The number of imidazole rings is 2. The SMILES string of the molecule is Cn1cc(NC(=O)c2cc(NC(=O)c3cc(NC(=O)c4nc(NC(=O)[C@H](N)CCNC(=O)c5cc(NC(=O)c6cc(NC(=O)c7cc(NC(=O)c8nccn8C)cn7C)cn6C)cn5C)cn4C)cn3C)cn2C)cc1C(=O)NCCCCCCCNC(=O)c1cccc(C(=O)O)c1. The average molecular weight is 1340 g/mol. The molecule has 0 bridgehead atoms. The number of aryl methyl sites for hydroxylation is 8. The molecule has 33 heteroatoms. The minimum absolute atomic E-state index is 0.00682. The molecule has 33 nitrogen and oxygen atoms in total. The standard InChI is InChI=1S/C65H75N21O12/c1-79-22-21-67-53(79)63(95)75-43-28-50(84(6)34-43)61(93)73-41-26-49(83(5)32-41)60(92)72-40-25-47(81(3)31-40)58(90)70-20-17-45(66)56(88)78-52-36-86(8)54(77-52)64(96)76-44-29-51(85(7)35-44)62(94)74-42-27-48(82(4)33-42)59(91)71-39-24-46(80(2)30-39)57(89)69-19-13-11-9-10-12-18-68-55(87)37-15-14-16-38(23-37)65(97)98/h14-16,21-36,45H,9-13,17-20,66H2,1-8H3,(H,68,87)(H,69,89)(H,70,90)(H,71,91)(H,72,92)(H,73,93)(H,74,94)(H,75,95)(H,76,96)(H,78,88)(H,97,98)/t45-/m1/s1. The number of amides is 10. The molecule has 8 heterocycles. The molecule has 0 unspecified atom stereocenters. The van der Waals surface area contributed by atoms with Crippen LogP contribution in [0.1, 0.15) is 143 Å². The van der Waals surface area contributed by atoms with Gasteiger partial charge in [-0.3, -0.25) is 47.9 Å². The number of carbonyl (C=O) groups is 11. The van der Waals surface area contributed by atoms with Crippen LogP contribution in [0.25, 0.3) is 0 Å². The number of unbranched alkanes of at least 4 members (excludes halogenated alkanes) is 4. The van der Waals surface area contributed by atoms with E-state index in [9.17, 15) is 52.7 Å². The van der Waals surface area contributed by atoms with Crippen molar-refractivity contribution in [2.75, 3.05) is 56.9 Å². The highest BCUT2D eigenvalue weighted by molar-refractivity contribution is 6.10. The molecule has 1 aromatic carbocycles. The highest BCUT2D eigenvalue weighted by Gasteiger charge is 2.25. The average Bonchev–Trinajstić information content (AvgIpc) is 1.68. The van der Waals surface area contributed by atoms with Crippen LogP contribution in [0.5, 0.6) is 0 Å². The highest BCUT2D eigenvalue weighted by atomic mass is 16.4. The summed E-state index contributed by atoms with van der Waals surface area (Å²) in [4.78, 5) is 151. The van der Waals surface area contributed by atoms with E-state index in [1.165, 1.54) is 90.0 Å². The van der Waals surface area contributed by atoms with E-state index in [-0.39, 0.29) is 87.5 Å². The van der Waals surface area contributed by atoms with Gasteiger partial charge in [-0.05, 0) is 73.9 Å². The Morgan fingerprint density at radius 1 is 0.398 bits per heavy atom. The number of aromatic nitrogens is 10. The molecule has 0 saturated heterocycles. The van der Waals surface area contributed by atoms with E-state index in [2.05, 4.69) is 63.1 Å². The predicted octanol–water partition coefficient (Wildman–Crippen LogP) is 4.59. The van der Waals surface area contributed by atoms with Crippen molar-refractivity contribution in [1.29, 1.82) is 0 Å². The molecule has 0 fully saturated rings. The molecule has 0 radical (unpaired) electrons. The molecule has 98 heavy (non-hydrogen) atoms. The van der Waals surface area contributed by atoms with E-state index in [0.29, 0.717) is 47.2 Å². The van der Waals surface area contributed by atoms with Crippen LogP contribution in [0.2, 0.25) is 0 Å². The second-order valence-electron chi connectivity index (χ2n) is 23.3. The summed E-state index contributed by atoms with van der Waals surface area (Å²) >= 11 is 0. The van der Waals surface area contributed by atoms with Gasteiger partial charge in [0.2, 0.25) is 11.7 Å². The molecular weight excluding hydrogens is 1270 g/mol. The molecular formula is C65H75N21O12. The molecule has 9 rings (SSSR count). The van der Waals surface area contributed by atoms with Crippen LogP contribution >= 0.6 is 0 Å². The van der Waals surface area contributed by atoms with Gasteiger partial charge in [-0.15, -0.1) is 0 Å². The number of anilines is 7. The van der Waals surface area contributed by atoms with Crippen LogP contribution < -0.4 is 58.9 Å². The summed E-state index contributed by atoms with van der Waals surface area (Å²) in [7, 11) is 13.0. The molecule has 0 aliphatic heterocycles. The Bertz CT molecular complexity index is 4560. The summed E-state index contributed by atoms with van der Waals surface area (Å²) in [5, 5.41) is 36.7. The van der Waals surface area contributed by atoms with Crippen molar-refractivity contribution in [3.63, 3.8) is 0 Å². The van der Waals surface area contributed by atoms with Crippen LogP contribution in [0, 0.1) is 0 Å². The lowest BCUT2D eigenvalue weighted by Crippen LogP contribution is -2.39. The quantitative estimate of drug-likeness (QED) is 0.0285. The number of hydrogen-bond acceptors (Lipinski definition) is 14. The second kappa shape index (κ2) is 30.7. The zero-order chi connectivity index (χ0) is 70.6. The second-order valence-corrected chi connectivity index (χ2v) is 23.3. The zero-order valence-corrected chi connectivity index (χ0v) is 54.9. The Hall–Kier alpha value is -12.6. The Morgan fingerprint density at radius 2 is 0.755 bits per heavy atom. The first-order valence-corrected chi connectivity index (χ1v) is 30.8. The maximum absolute atomic E-state index is 13.6. The number of rotatable bonds is 29. The maximum Gasteiger partial charge on any atom is 0.335 e. The van der Waals surface area contributed by atoms with Gasteiger partial charge in [0.25, 0.3) is 53.2 Å². The smallest absolute Gasteiger partial charge is 0.335 e. The third-order valence-electron chi connectivity index (χ3n) is 15.7. The highest BCUT2D eigenvalue weighted by Crippen LogP contribution is 2.24. The van der Waals surface area contributed by atoms with Crippen molar-refractivity contribution >= 4 is 105 Å². The fraction of sp³-hybridized carbons (Fsp3) is 0.277. The summed E-state index contributed by atoms with van der Waals surface area (Å²) in [6.45, 7) is 0.863. The van der Waals surface area contributed by atoms with E-state index in [1.54, 1.807) is 119 Å². The van der Waals surface area contributed by atoms with Gasteiger partial charge in [0.05, 0.1) is 45.7 Å². The lowest BCUT2D eigenvalue weighted by Gasteiger charge is -2.11. The van der Waals surface area contributed by atoms with Crippen molar-refractivity contribution in [1.82, 2.24) is 62.5 Å². The van der Waals surface area contributed by atoms with Gasteiger partial charge in [-0.1, -0.05) is 25.3 Å². The fourth-order valence-corrected chi connectivity index (χ4v) is 10.6. The van der Waals surface area contributed by atoms with Gasteiger partial charge < -0.3 is 101 Å². The first-order chi connectivity index (χ1) is 46.7. The number of nitrogens with one attached hydrogen (secondary N) is 10. The lowest BCUT2D eigenvalue weighted by atomic mass is 10.1. The van der Waals surface area contributed by atoms with Gasteiger partial charge in [0.1, 0.15) is 34.2 Å². The first-order valence-electron chi connectivity index (χ1n) is 30.8. The van der Waals surface area contributed by atoms with Gasteiger partial charge in [-0.25, -0.2) is 14.8 Å². The number of nitrogens with zero attached hydrogens (tertiary/aromatic N) is 10. The Balaban J connectivity index is 0.671. The largest absolute Gasteiger partial charge is 0.478 e. The van der Waals surface area contributed by atoms with Crippen molar-refractivity contribution in [3.05, 3.63) is 173 Å². The van der Waals surface area contributed by atoms with Crippen molar-refractivity contribution in [2.24, 2.45) is 62.1 Å². The van der Waals surface area contributed by atoms with Crippen molar-refractivity contribution in [2.45, 2.75) is 44.6 Å². The third-order valence-corrected chi connectivity index (χ3v) is 15.7. The van der Waals surface area contributed by atoms with Crippen LogP contribution in [0.3, 0.4) is 0 Å². The molecule has 8 aromatic heterocycles. The Morgan fingerprint density at radius 3 is 1.15 bits per heavy atom. The molecule has 1 atom stereocenters. The summed E-state index contributed by atoms with van der Waals surface area (Å²) in [5.41, 5.74) is 9.74. The molecule has 10 amide bonds. The van der Waals surface area contributed by atoms with Crippen LogP contribution in [0.15, 0.2) is 116 Å². The number of benzene rings is 1. The van der Waals surface area contributed by atoms with Gasteiger partial charge in [0, 0.05) is 137 Å². The zero-order valence-electron chi connectivity index (χ0n) is 54.9. The van der Waals surface area contributed by atoms with E-state index in [1.807, 2.05) is 0 Å². The molecule has 512 valence electrons. The maximum atomic E-state index is 13.6. The van der Waals surface area contributed by atoms with Crippen LogP contribution in [-0.2, 0) is 61.2 Å². The molecule has 0 spiro atoms. The normalized spacial score (nSPS) is 11.3. The van der Waals surface area contributed by atoms with Crippen LogP contribution in [0.4, 0.5) is 39.9 Å². The first kappa shape index (κ1) is 69.8. The topological polar surface area (TPSA) is 420 Å². The Labute approximate surface area is 560 Å². The van der Waals surface area contributed by atoms with Crippen molar-refractivity contribution < 1.29 is 57.8 Å². The van der Waals surface area contributed by atoms with Gasteiger partial charge in [0.15, 0.2) is 11.6 Å². The molecule has 9 aromatic rings. The van der Waals surface area contributed by atoms with E-state index in [4.69, 9.17) is 10.8 Å². The number of carboxylic acid groups (broad SMARTS) is 1. The molecule has 0 saturated carbocycles. The number of hydrogen-bond donors (Lipinski definition) is 12. The Kier molecular flexibility index (Phi) is 21.8.